The molecule has 0 bridgehead atoms. The molecule has 1 aromatic carbocycles. The average Bonchev–Trinajstić information content (AvgIpc) is 3.80. The third kappa shape index (κ3) is 8.48. The number of ether oxygens (including phenoxy) is 1. The van der Waals surface area contributed by atoms with Crippen molar-refractivity contribution in [3.63, 3.8) is 0 Å². The number of hydrogen-bond donors (Lipinski definition) is 2. The number of anilines is 1. The van der Waals surface area contributed by atoms with Gasteiger partial charge in [0.15, 0.2) is 0 Å². The van der Waals surface area contributed by atoms with Crippen LogP contribution in [0.5, 0.6) is 5.75 Å². The summed E-state index contributed by atoms with van der Waals surface area (Å²) in [5.74, 6) is 6.39. The van der Waals surface area contributed by atoms with Crippen LogP contribution in [0.25, 0.3) is 11.1 Å². The number of pyridine rings is 1. The molecule has 2 N–H and O–H groups in total. The molecule has 0 radical (unpaired) electrons. The van der Waals surface area contributed by atoms with Crippen LogP contribution < -0.4 is 9.64 Å². The molecule has 4 rings (SSSR count). The first-order valence-electron chi connectivity index (χ1n) is 11.1. The van der Waals surface area contributed by atoms with Crippen molar-refractivity contribution in [1.82, 2.24) is 4.98 Å². The van der Waals surface area contributed by atoms with Crippen LogP contribution >= 0.6 is 11.8 Å². The second kappa shape index (κ2) is 14.0. The van der Waals surface area contributed by atoms with Crippen molar-refractivity contribution in [1.29, 1.82) is 10.8 Å². The zero-order valence-corrected chi connectivity index (χ0v) is 21.9. The number of methoxy groups -OCH3 is 1. The molecule has 37 heavy (non-hydrogen) atoms. The average molecular weight is 569 g/mol. The van der Waals surface area contributed by atoms with Gasteiger partial charge in [0.1, 0.15) is 16.5 Å². The van der Waals surface area contributed by atoms with Gasteiger partial charge >= 0.3 is 16.5 Å². The maximum atomic E-state index is 13.1. The van der Waals surface area contributed by atoms with E-state index >= 15 is 0 Å². The Hall–Kier alpha value is -3.09. The molecular weight excluding hydrogens is 545 g/mol. The molecule has 0 spiro atoms. The summed E-state index contributed by atoms with van der Waals surface area (Å²) in [5, 5.41) is 13.9. The van der Waals surface area contributed by atoms with Crippen LogP contribution in [0.3, 0.4) is 0 Å². The first-order chi connectivity index (χ1) is 17.3. The Morgan fingerprint density at radius 2 is 1.95 bits per heavy atom. The van der Waals surface area contributed by atoms with Gasteiger partial charge in [-0.25, -0.2) is 8.78 Å². The number of amides is 1. The van der Waals surface area contributed by atoms with Crippen LogP contribution in [0.15, 0.2) is 30.5 Å². The van der Waals surface area contributed by atoms with Gasteiger partial charge in [0.05, 0.1) is 19.6 Å². The first-order valence-corrected chi connectivity index (χ1v) is 11.9. The number of alkyl halides is 2. The van der Waals surface area contributed by atoms with Crippen LogP contribution in [0.4, 0.5) is 14.5 Å². The van der Waals surface area contributed by atoms with E-state index < -0.39 is 12.1 Å². The molecule has 0 unspecified atom stereocenters. The van der Waals surface area contributed by atoms with Crippen molar-refractivity contribution in [3.8, 4) is 28.7 Å². The van der Waals surface area contributed by atoms with Crippen molar-refractivity contribution < 1.29 is 39.6 Å². The molecule has 1 heterocycles. The summed E-state index contributed by atoms with van der Waals surface area (Å²) >= 11 is 0.927. The molecule has 1 aromatic heterocycles. The molecule has 11 heteroatoms. The predicted octanol–water partition coefficient (Wildman–Crippen LogP) is 5.12. The number of rotatable bonds is 7. The van der Waals surface area contributed by atoms with Crippen molar-refractivity contribution in [2.75, 3.05) is 19.1 Å². The summed E-state index contributed by atoms with van der Waals surface area (Å²) in [7, 11) is 3.04. The normalized spacial score (nSPS) is 13.6. The number of nitrogens with zero attached hydrogens (tertiary/aromatic N) is 2. The van der Waals surface area contributed by atoms with E-state index in [4.69, 9.17) is 15.6 Å². The number of hydrogen-bond acceptors (Lipinski definition) is 7. The number of halogens is 2. The number of aromatic nitrogens is 1. The minimum absolute atomic E-state index is 0. The maximum absolute atomic E-state index is 13.1. The van der Waals surface area contributed by atoms with E-state index in [2.05, 4.69) is 22.4 Å². The zero-order valence-electron chi connectivity index (χ0n) is 20.0. The van der Waals surface area contributed by atoms with Crippen LogP contribution in [0, 0.1) is 34.5 Å². The number of carbonyl (C=O) groups excluding carboxylic acids is 2. The Kier molecular flexibility index (Phi) is 11.4. The Bertz CT molecular complexity index is 1220. The zero-order chi connectivity index (χ0) is 26.2. The molecule has 2 saturated carbocycles. The van der Waals surface area contributed by atoms with Crippen LogP contribution in [-0.2, 0) is 26.1 Å². The molecule has 2 aliphatic carbocycles. The minimum atomic E-state index is -2.76. The molecule has 7 nitrogen and oxygen atoms in total. The Morgan fingerprint density at radius 3 is 2.49 bits per heavy atom. The fourth-order valence-corrected chi connectivity index (χ4v) is 3.42. The number of thioether (sulfide) groups is 1. The van der Waals surface area contributed by atoms with Crippen molar-refractivity contribution in [3.05, 3.63) is 41.7 Å². The standard InChI is InChI=1S/C19H17F2N2O3.C7H7N2S.Ni/c1-23(19(25)11-3-4-11)13-6-5-12(10-24)14(7-13)15-8-16(18(20)21)22-9-17(15)26-2;8-5-10-7(9)4-3-6-1-2-6;/h5-9,11,18H,3-4H2,1-2H3;6,8-9H,1-2H2;/q2*-1;+2. The van der Waals surface area contributed by atoms with E-state index in [0.29, 0.717) is 22.7 Å². The number of benzene rings is 1. The Morgan fingerprint density at radius 1 is 1.24 bits per heavy atom. The van der Waals surface area contributed by atoms with E-state index in [1.165, 1.54) is 43.2 Å². The molecular formula is C26H24F2N4NiO3S. The quantitative estimate of drug-likeness (QED) is 0.158. The largest absolute Gasteiger partial charge is 2.00 e. The first kappa shape index (κ1) is 30.1. The summed E-state index contributed by atoms with van der Waals surface area (Å²) in [6.07, 6.45) is 4.33. The molecule has 2 fully saturated rings. The van der Waals surface area contributed by atoms with Crippen molar-refractivity contribution in [2.24, 2.45) is 11.8 Å². The van der Waals surface area contributed by atoms with Gasteiger partial charge in [-0.1, -0.05) is 18.1 Å². The second-order valence-electron chi connectivity index (χ2n) is 8.19. The van der Waals surface area contributed by atoms with E-state index in [-0.39, 0.29) is 44.7 Å². The summed E-state index contributed by atoms with van der Waals surface area (Å²) < 4.78 is 31.3. The van der Waals surface area contributed by atoms with Crippen molar-refractivity contribution >= 4 is 40.2 Å². The topological polar surface area (TPSA) is 107 Å². The minimum Gasteiger partial charge on any atom is -0.508 e. The monoisotopic (exact) mass is 568 g/mol. The predicted molar refractivity (Wildman–Crippen MR) is 136 cm³/mol. The van der Waals surface area contributed by atoms with Crippen molar-refractivity contribution in [2.45, 2.75) is 32.1 Å². The van der Waals surface area contributed by atoms with Gasteiger partial charge in [-0.15, -0.1) is 11.1 Å². The van der Waals surface area contributed by atoms with Crippen LogP contribution in [0.2, 0.25) is 0 Å². The van der Waals surface area contributed by atoms with Gasteiger partial charge in [-0.2, -0.15) is 6.07 Å². The third-order valence-corrected chi connectivity index (χ3v) is 5.91. The SMILES string of the molecule is COc1cnc(C(F)F)cc1-c1cc(N(C)C(=O)C2CC2)ccc1[C-]=O.N=[C-]SC(=N)C#CC1CC1.[Ni+2]. The number of nitrogens with one attached hydrogen (secondary N) is 2. The van der Waals surface area contributed by atoms with Gasteiger partial charge < -0.3 is 25.4 Å². The third-order valence-electron chi connectivity index (χ3n) is 5.50. The molecule has 0 saturated heterocycles. The summed E-state index contributed by atoms with van der Waals surface area (Å²) in [6.45, 7) is 0. The smallest absolute Gasteiger partial charge is 0.508 e. The molecule has 196 valence electrons. The van der Waals surface area contributed by atoms with Gasteiger partial charge in [0.25, 0.3) is 6.43 Å². The van der Waals surface area contributed by atoms with E-state index in [9.17, 15) is 18.4 Å². The fourth-order valence-electron chi connectivity index (χ4n) is 3.21. The van der Waals surface area contributed by atoms with Gasteiger partial charge in [0, 0.05) is 24.6 Å². The molecule has 1 amide bonds. The fraction of sp³-hybridized carbons (Fsp3) is 0.346. The summed E-state index contributed by atoms with van der Waals surface area (Å²) in [5.41, 5.74) is 3.03. The molecule has 0 atom stereocenters. The van der Waals surface area contributed by atoms with Gasteiger partial charge in [0.2, 0.25) is 5.91 Å². The molecule has 2 aliphatic rings. The Balaban J connectivity index is 0.000000369. The van der Waals surface area contributed by atoms with E-state index in [1.54, 1.807) is 19.2 Å². The molecule has 2 aromatic rings. The number of carbonyl (C=O) groups is 1. The summed E-state index contributed by atoms with van der Waals surface area (Å²) in [6, 6.07) is 5.93. The van der Waals surface area contributed by atoms with Gasteiger partial charge in [-0.05, 0) is 43.2 Å². The second-order valence-corrected chi connectivity index (χ2v) is 9.01. The van der Waals surface area contributed by atoms with Crippen LogP contribution in [-0.4, -0.2) is 41.9 Å². The van der Waals surface area contributed by atoms with Crippen LogP contribution in [0.1, 0.15) is 43.4 Å². The van der Waals surface area contributed by atoms with E-state index in [0.717, 1.165) is 24.6 Å². The molecule has 0 aliphatic heterocycles. The van der Waals surface area contributed by atoms with Gasteiger partial charge in [-0.3, -0.25) is 26.9 Å². The maximum Gasteiger partial charge on any atom is 2.00 e. The van der Waals surface area contributed by atoms with E-state index in [1.807, 2.05) is 6.29 Å². The Labute approximate surface area is 228 Å². The summed E-state index contributed by atoms with van der Waals surface area (Å²) in [4.78, 5) is 28.8.